The van der Waals surface area contributed by atoms with E-state index in [1.165, 1.54) is 0 Å². The van der Waals surface area contributed by atoms with Crippen LogP contribution >= 0.6 is 15.9 Å². The van der Waals surface area contributed by atoms with Crippen LogP contribution in [0.3, 0.4) is 0 Å². The summed E-state index contributed by atoms with van der Waals surface area (Å²) in [7, 11) is 0. The molecular weight excluding hydrogens is 410 g/mol. The number of nitrogens with zero attached hydrogens (tertiary/aromatic N) is 2. The van der Waals surface area contributed by atoms with Crippen molar-refractivity contribution in [3.8, 4) is 11.6 Å². The lowest BCUT2D eigenvalue weighted by Crippen LogP contribution is -2.23. The number of aryl methyl sites for hydroxylation is 2. The standard InChI is InChI=1S/C20H16BrN3O3/c1-11-5-3-8-15-12(2)17(26-16(11)15)18-23-20(27-24-18)19(25)22-10-13-6-4-7-14(21)9-13/h3-9H,10H2,1-2H3,(H,22,25). The van der Waals surface area contributed by atoms with Crippen LogP contribution in [0.1, 0.15) is 27.4 Å². The van der Waals surface area contributed by atoms with Crippen LogP contribution in [0.15, 0.2) is 55.9 Å². The van der Waals surface area contributed by atoms with E-state index in [1.807, 2.05) is 56.3 Å². The van der Waals surface area contributed by atoms with Gasteiger partial charge in [-0.1, -0.05) is 51.4 Å². The number of para-hydroxylation sites is 1. The van der Waals surface area contributed by atoms with Crippen molar-refractivity contribution < 1.29 is 13.7 Å². The molecule has 7 heteroatoms. The summed E-state index contributed by atoms with van der Waals surface area (Å²) in [5, 5.41) is 7.68. The van der Waals surface area contributed by atoms with Crippen molar-refractivity contribution in [3.05, 3.63) is 69.5 Å². The van der Waals surface area contributed by atoms with Gasteiger partial charge in [-0.3, -0.25) is 4.79 Å². The highest BCUT2D eigenvalue weighted by atomic mass is 79.9. The number of rotatable bonds is 4. The van der Waals surface area contributed by atoms with Gasteiger partial charge in [0.15, 0.2) is 5.76 Å². The third-order valence-corrected chi connectivity index (χ3v) is 4.82. The molecule has 1 N–H and O–H groups in total. The molecule has 136 valence electrons. The maximum atomic E-state index is 12.3. The van der Waals surface area contributed by atoms with Gasteiger partial charge in [0.05, 0.1) is 0 Å². The fraction of sp³-hybridized carbons (Fsp3) is 0.150. The van der Waals surface area contributed by atoms with Crippen LogP contribution in [0.25, 0.3) is 22.6 Å². The van der Waals surface area contributed by atoms with Crippen LogP contribution in [0.5, 0.6) is 0 Å². The topological polar surface area (TPSA) is 81.2 Å². The van der Waals surface area contributed by atoms with Crippen LogP contribution in [0, 0.1) is 13.8 Å². The molecule has 0 bridgehead atoms. The van der Waals surface area contributed by atoms with E-state index in [1.54, 1.807) is 0 Å². The third-order valence-electron chi connectivity index (χ3n) is 4.33. The smallest absolute Gasteiger partial charge is 0.316 e. The summed E-state index contributed by atoms with van der Waals surface area (Å²) in [5.41, 5.74) is 3.68. The molecule has 4 rings (SSSR count). The lowest BCUT2D eigenvalue weighted by molar-refractivity contribution is 0.0907. The van der Waals surface area contributed by atoms with Gasteiger partial charge in [0.1, 0.15) is 5.58 Å². The molecule has 2 heterocycles. The molecular formula is C20H16BrN3O3. The molecule has 27 heavy (non-hydrogen) atoms. The number of halogens is 1. The molecule has 0 aliphatic rings. The van der Waals surface area contributed by atoms with E-state index in [-0.39, 0.29) is 11.7 Å². The monoisotopic (exact) mass is 425 g/mol. The molecule has 2 aromatic heterocycles. The second kappa shape index (κ2) is 7.00. The highest BCUT2D eigenvalue weighted by molar-refractivity contribution is 9.10. The fourth-order valence-corrected chi connectivity index (χ4v) is 3.36. The summed E-state index contributed by atoms with van der Waals surface area (Å²) < 4.78 is 12.0. The fourth-order valence-electron chi connectivity index (χ4n) is 2.91. The minimum Gasteiger partial charge on any atom is -0.452 e. The Morgan fingerprint density at radius 1 is 1.19 bits per heavy atom. The van der Waals surface area contributed by atoms with E-state index in [0.717, 1.165) is 32.1 Å². The van der Waals surface area contributed by atoms with Crippen molar-refractivity contribution in [3.63, 3.8) is 0 Å². The number of hydrogen-bond donors (Lipinski definition) is 1. The zero-order chi connectivity index (χ0) is 19.0. The van der Waals surface area contributed by atoms with E-state index in [0.29, 0.717) is 12.3 Å². The largest absolute Gasteiger partial charge is 0.452 e. The minimum atomic E-state index is -0.432. The first-order chi connectivity index (χ1) is 13.0. The molecule has 0 unspecified atom stereocenters. The van der Waals surface area contributed by atoms with E-state index in [4.69, 9.17) is 8.94 Å². The third kappa shape index (κ3) is 3.38. The number of aromatic nitrogens is 2. The summed E-state index contributed by atoms with van der Waals surface area (Å²) in [6, 6.07) is 13.6. The van der Waals surface area contributed by atoms with Crippen molar-refractivity contribution in [2.75, 3.05) is 0 Å². The van der Waals surface area contributed by atoms with Gasteiger partial charge in [0, 0.05) is 22.0 Å². The lowest BCUT2D eigenvalue weighted by Gasteiger charge is -2.02. The summed E-state index contributed by atoms with van der Waals surface area (Å²) in [5.74, 6) is 0.236. The Balaban J connectivity index is 1.56. The van der Waals surface area contributed by atoms with Gasteiger partial charge in [-0.15, -0.1) is 0 Å². The van der Waals surface area contributed by atoms with Crippen molar-refractivity contribution >= 4 is 32.8 Å². The van der Waals surface area contributed by atoms with Crippen LogP contribution in [-0.2, 0) is 6.54 Å². The zero-order valence-electron chi connectivity index (χ0n) is 14.7. The zero-order valence-corrected chi connectivity index (χ0v) is 16.3. The van der Waals surface area contributed by atoms with Gasteiger partial charge in [-0.2, -0.15) is 4.98 Å². The predicted molar refractivity (Wildman–Crippen MR) is 104 cm³/mol. The van der Waals surface area contributed by atoms with Crippen molar-refractivity contribution in [1.29, 1.82) is 0 Å². The normalized spacial score (nSPS) is 11.1. The van der Waals surface area contributed by atoms with Crippen LogP contribution in [-0.4, -0.2) is 16.0 Å². The molecule has 0 atom stereocenters. The van der Waals surface area contributed by atoms with Gasteiger partial charge in [0.2, 0.25) is 5.82 Å². The Labute approximate surface area is 163 Å². The van der Waals surface area contributed by atoms with Crippen molar-refractivity contribution in [2.24, 2.45) is 0 Å². The molecule has 0 aliphatic carbocycles. The molecule has 0 fully saturated rings. The maximum Gasteiger partial charge on any atom is 0.316 e. The Bertz CT molecular complexity index is 1150. The number of amides is 1. The Morgan fingerprint density at radius 3 is 2.78 bits per heavy atom. The average Bonchev–Trinajstić information content (AvgIpc) is 3.26. The van der Waals surface area contributed by atoms with Crippen LogP contribution in [0.2, 0.25) is 0 Å². The van der Waals surface area contributed by atoms with Crippen LogP contribution < -0.4 is 5.32 Å². The summed E-state index contributed by atoms with van der Waals surface area (Å²) >= 11 is 3.41. The van der Waals surface area contributed by atoms with Gasteiger partial charge < -0.3 is 14.3 Å². The molecule has 1 amide bonds. The molecule has 6 nitrogen and oxygen atoms in total. The molecule has 0 aliphatic heterocycles. The average molecular weight is 426 g/mol. The van der Waals surface area contributed by atoms with E-state index in [2.05, 4.69) is 31.4 Å². The second-order valence-electron chi connectivity index (χ2n) is 6.24. The van der Waals surface area contributed by atoms with Crippen molar-refractivity contribution in [2.45, 2.75) is 20.4 Å². The summed E-state index contributed by atoms with van der Waals surface area (Å²) in [6.45, 7) is 4.27. The highest BCUT2D eigenvalue weighted by Crippen LogP contribution is 2.33. The first kappa shape index (κ1) is 17.5. The number of carbonyl (C=O) groups excluding carboxylic acids is 1. The maximum absolute atomic E-state index is 12.3. The number of furan rings is 1. The molecule has 0 saturated carbocycles. The van der Waals surface area contributed by atoms with Gasteiger partial charge >= 0.3 is 11.8 Å². The van der Waals surface area contributed by atoms with E-state index < -0.39 is 5.91 Å². The van der Waals surface area contributed by atoms with E-state index >= 15 is 0 Å². The number of fused-ring (bicyclic) bond motifs is 1. The lowest BCUT2D eigenvalue weighted by atomic mass is 10.1. The van der Waals surface area contributed by atoms with Crippen LogP contribution in [0.4, 0.5) is 0 Å². The molecule has 0 saturated heterocycles. The Morgan fingerprint density at radius 2 is 2.00 bits per heavy atom. The Hall–Kier alpha value is -2.93. The quantitative estimate of drug-likeness (QED) is 0.508. The second-order valence-corrected chi connectivity index (χ2v) is 7.16. The molecule has 0 radical (unpaired) electrons. The number of hydrogen-bond acceptors (Lipinski definition) is 5. The summed E-state index contributed by atoms with van der Waals surface area (Å²) in [6.07, 6.45) is 0. The first-order valence-electron chi connectivity index (χ1n) is 8.38. The SMILES string of the molecule is Cc1c(-c2noc(C(=O)NCc3cccc(Br)c3)n2)oc2c(C)cccc12. The van der Waals surface area contributed by atoms with Gasteiger partial charge in [-0.25, -0.2) is 0 Å². The Kier molecular flexibility index (Phi) is 4.53. The summed E-state index contributed by atoms with van der Waals surface area (Å²) in [4.78, 5) is 16.5. The van der Waals surface area contributed by atoms with E-state index in [9.17, 15) is 4.79 Å². The molecule has 4 aromatic rings. The number of benzene rings is 2. The van der Waals surface area contributed by atoms with Gasteiger partial charge in [0.25, 0.3) is 0 Å². The first-order valence-corrected chi connectivity index (χ1v) is 9.17. The highest BCUT2D eigenvalue weighted by Gasteiger charge is 2.21. The minimum absolute atomic E-state index is 0.100. The van der Waals surface area contributed by atoms with Crippen molar-refractivity contribution in [1.82, 2.24) is 15.5 Å². The molecule has 2 aromatic carbocycles. The van der Waals surface area contributed by atoms with Gasteiger partial charge in [-0.05, 0) is 37.1 Å². The number of carbonyl (C=O) groups is 1. The predicted octanol–water partition coefficient (Wildman–Crippen LogP) is 4.79. The molecule has 0 spiro atoms. The number of nitrogens with one attached hydrogen (secondary N) is 1.